The van der Waals surface area contributed by atoms with Crippen LogP contribution in [0.25, 0.3) is 0 Å². The van der Waals surface area contributed by atoms with Gasteiger partial charge in [0, 0.05) is 39.3 Å². The number of piperidine rings is 1. The van der Waals surface area contributed by atoms with Crippen molar-refractivity contribution in [1.82, 2.24) is 14.7 Å². The van der Waals surface area contributed by atoms with Gasteiger partial charge in [-0.1, -0.05) is 12.5 Å². The molecule has 0 aromatic heterocycles. The third-order valence-electron chi connectivity index (χ3n) is 5.93. The van der Waals surface area contributed by atoms with E-state index in [2.05, 4.69) is 27.8 Å². The average molecular weight is 422 g/mol. The SMILES string of the molecule is COc1ccc(CN(C)CCN2CCOCC2)cc1OC[C@H](O)CN1CCCCC1. The van der Waals surface area contributed by atoms with Crippen LogP contribution < -0.4 is 9.47 Å². The van der Waals surface area contributed by atoms with E-state index in [0.717, 1.165) is 59.0 Å². The molecule has 0 amide bonds. The Bertz CT molecular complexity index is 618. The minimum atomic E-state index is -0.493. The van der Waals surface area contributed by atoms with E-state index >= 15 is 0 Å². The summed E-state index contributed by atoms with van der Waals surface area (Å²) in [6.07, 6.45) is 3.26. The second kappa shape index (κ2) is 12.5. The highest BCUT2D eigenvalue weighted by Crippen LogP contribution is 2.28. The van der Waals surface area contributed by atoms with E-state index in [0.29, 0.717) is 18.0 Å². The van der Waals surface area contributed by atoms with Gasteiger partial charge in [0.15, 0.2) is 11.5 Å². The lowest BCUT2D eigenvalue weighted by molar-refractivity contribution is 0.0342. The van der Waals surface area contributed by atoms with Crippen LogP contribution in [-0.2, 0) is 11.3 Å². The molecule has 2 aliphatic heterocycles. The van der Waals surface area contributed by atoms with Crippen molar-refractivity contribution >= 4 is 0 Å². The van der Waals surface area contributed by atoms with Crippen molar-refractivity contribution < 1.29 is 19.3 Å². The predicted octanol–water partition coefficient (Wildman–Crippen LogP) is 1.68. The molecule has 0 saturated carbocycles. The number of likely N-dealkylation sites (tertiary alicyclic amines) is 1. The first-order valence-corrected chi connectivity index (χ1v) is 11.3. The van der Waals surface area contributed by atoms with Gasteiger partial charge in [-0.3, -0.25) is 4.90 Å². The lowest BCUT2D eigenvalue weighted by Crippen LogP contribution is -2.40. The molecule has 7 nitrogen and oxygen atoms in total. The Morgan fingerprint density at radius 3 is 2.57 bits per heavy atom. The largest absolute Gasteiger partial charge is 0.493 e. The first-order valence-electron chi connectivity index (χ1n) is 11.3. The van der Waals surface area contributed by atoms with Gasteiger partial charge in [-0.2, -0.15) is 0 Å². The Kier molecular flexibility index (Phi) is 9.68. The lowest BCUT2D eigenvalue weighted by atomic mass is 10.1. The average Bonchev–Trinajstić information content (AvgIpc) is 2.78. The van der Waals surface area contributed by atoms with E-state index in [4.69, 9.17) is 14.2 Å². The molecule has 2 aliphatic rings. The molecule has 1 aromatic carbocycles. The minimum Gasteiger partial charge on any atom is -0.493 e. The third-order valence-corrected chi connectivity index (χ3v) is 5.93. The Labute approximate surface area is 181 Å². The van der Waals surface area contributed by atoms with Crippen LogP contribution in [0.15, 0.2) is 18.2 Å². The summed E-state index contributed by atoms with van der Waals surface area (Å²) in [7, 11) is 3.80. The Morgan fingerprint density at radius 1 is 1.07 bits per heavy atom. The molecule has 1 aromatic rings. The van der Waals surface area contributed by atoms with Crippen molar-refractivity contribution in [1.29, 1.82) is 0 Å². The number of methoxy groups -OCH3 is 1. The molecule has 170 valence electrons. The van der Waals surface area contributed by atoms with Gasteiger partial charge in [-0.05, 0) is 50.7 Å². The van der Waals surface area contributed by atoms with E-state index < -0.39 is 6.10 Å². The topological polar surface area (TPSA) is 57.6 Å². The maximum absolute atomic E-state index is 10.4. The number of β-amino-alcohol motifs (C(OH)–C–C–N with tert-alkyl or cyclic N) is 1. The minimum absolute atomic E-state index is 0.281. The number of aliphatic hydroxyl groups excluding tert-OH is 1. The molecule has 2 fully saturated rings. The van der Waals surface area contributed by atoms with Gasteiger partial charge in [0.1, 0.15) is 12.7 Å². The second-order valence-corrected chi connectivity index (χ2v) is 8.50. The molecule has 0 bridgehead atoms. The first kappa shape index (κ1) is 23.3. The quantitative estimate of drug-likeness (QED) is 0.583. The number of benzene rings is 1. The number of nitrogens with zero attached hydrogens (tertiary/aromatic N) is 3. The molecule has 2 saturated heterocycles. The van der Waals surface area contributed by atoms with Crippen molar-refractivity contribution in [3.63, 3.8) is 0 Å². The number of rotatable bonds is 11. The zero-order valence-corrected chi connectivity index (χ0v) is 18.7. The molecular weight excluding hydrogens is 382 g/mol. The van der Waals surface area contributed by atoms with Crippen LogP contribution >= 0.6 is 0 Å². The fourth-order valence-corrected chi connectivity index (χ4v) is 4.14. The molecular formula is C23H39N3O4. The van der Waals surface area contributed by atoms with Gasteiger partial charge in [0.05, 0.1) is 20.3 Å². The number of aliphatic hydroxyl groups is 1. The van der Waals surface area contributed by atoms with Crippen LogP contribution in [0.4, 0.5) is 0 Å². The summed E-state index contributed by atoms with van der Waals surface area (Å²) in [4.78, 5) is 7.10. The Hall–Kier alpha value is -1.38. The highest BCUT2D eigenvalue weighted by molar-refractivity contribution is 5.43. The van der Waals surface area contributed by atoms with Crippen LogP contribution in [0.5, 0.6) is 11.5 Å². The molecule has 2 heterocycles. The van der Waals surface area contributed by atoms with Gasteiger partial charge >= 0.3 is 0 Å². The standard InChI is InChI=1S/C23H39N3O4/c1-24(10-11-25-12-14-29-15-13-25)17-20-6-7-22(28-2)23(16-20)30-19-21(27)18-26-8-4-3-5-9-26/h6-7,16,21,27H,3-5,8-15,17-19H2,1-2H3/t21-/m1/s1. The Morgan fingerprint density at radius 2 is 1.83 bits per heavy atom. The predicted molar refractivity (Wildman–Crippen MR) is 118 cm³/mol. The summed E-state index contributed by atoms with van der Waals surface area (Å²) in [5.41, 5.74) is 1.18. The third kappa shape index (κ3) is 7.71. The van der Waals surface area contributed by atoms with E-state index in [9.17, 15) is 5.11 Å². The van der Waals surface area contributed by atoms with E-state index in [1.165, 1.54) is 24.8 Å². The van der Waals surface area contributed by atoms with Gasteiger partial charge in [-0.25, -0.2) is 0 Å². The molecule has 7 heteroatoms. The van der Waals surface area contributed by atoms with Gasteiger partial charge in [0.25, 0.3) is 0 Å². The number of ether oxygens (including phenoxy) is 3. The normalized spacial score (nSPS) is 19.7. The van der Waals surface area contributed by atoms with E-state index in [1.807, 2.05) is 12.1 Å². The fourth-order valence-electron chi connectivity index (χ4n) is 4.14. The summed E-state index contributed by atoms with van der Waals surface area (Å²) in [6, 6.07) is 6.08. The summed E-state index contributed by atoms with van der Waals surface area (Å²) in [6.45, 7) is 9.75. The summed E-state index contributed by atoms with van der Waals surface area (Å²) in [5, 5.41) is 10.4. The maximum atomic E-state index is 10.4. The van der Waals surface area contributed by atoms with Gasteiger partial charge in [0.2, 0.25) is 0 Å². The smallest absolute Gasteiger partial charge is 0.161 e. The van der Waals surface area contributed by atoms with Gasteiger partial charge < -0.3 is 29.1 Å². The van der Waals surface area contributed by atoms with Crippen molar-refractivity contribution in [3.05, 3.63) is 23.8 Å². The highest BCUT2D eigenvalue weighted by Gasteiger charge is 2.16. The zero-order chi connectivity index (χ0) is 21.2. The zero-order valence-electron chi connectivity index (χ0n) is 18.7. The summed E-state index contributed by atoms with van der Waals surface area (Å²) < 4.78 is 16.8. The van der Waals surface area contributed by atoms with Crippen LogP contribution in [0.1, 0.15) is 24.8 Å². The van der Waals surface area contributed by atoms with Crippen molar-refractivity contribution in [2.24, 2.45) is 0 Å². The molecule has 1 atom stereocenters. The molecule has 3 rings (SSSR count). The lowest BCUT2D eigenvalue weighted by Gasteiger charge is -2.29. The second-order valence-electron chi connectivity index (χ2n) is 8.50. The highest BCUT2D eigenvalue weighted by atomic mass is 16.5. The van der Waals surface area contributed by atoms with Crippen LogP contribution in [0.2, 0.25) is 0 Å². The fraction of sp³-hybridized carbons (Fsp3) is 0.739. The molecule has 0 radical (unpaired) electrons. The number of hydrogen-bond donors (Lipinski definition) is 1. The van der Waals surface area contributed by atoms with Crippen LogP contribution in [-0.4, -0.2) is 106 Å². The van der Waals surface area contributed by atoms with E-state index in [1.54, 1.807) is 7.11 Å². The van der Waals surface area contributed by atoms with Crippen LogP contribution in [0, 0.1) is 0 Å². The molecule has 0 aliphatic carbocycles. The monoisotopic (exact) mass is 421 g/mol. The van der Waals surface area contributed by atoms with E-state index in [-0.39, 0.29) is 6.61 Å². The number of morpholine rings is 1. The molecule has 0 spiro atoms. The molecule has 0 unspecified atom stereocenters. The number of hydrogen-bond acceptors (Lipinski definition) is 7. The van der Waals surface area contributed by atoms with Crippen molar-refractivity contribution in [3.8, 4) is 11.5 Å². The summed E-state index contributed by atoms with van der Waals surface area (Å²) >= 11 is 0. The van der Waals surface area contributed by atoms with Crippen LogP contribution in [0.3, 0.4) is 0 Å². The van der Waals surface area contributed by atoms with Crippen molar-refractivity contribution in [2.75, 3.05) is 79.8 Å². The summed E-state index contributed by atoms with van der Waals surface area (Å²) in [5.74, 6) is 1.41. The van der Waals surface area contributed by atoms with Gasteiger partial charge in [-0.15, -0.1) is 0 Å². The van der Waals surface area contributed by atoms with Crippen molar-refractivity contribution in [2.45, 2.75) is 31.9 Å². The molecule has 1 N–H and O–H groups in total. The maximum Gasteiger partial charge on any atom is 0.161 e. The Balaban J connectivity index is 1.47. The molecule has 30 heavy (non-hydrogen) atoms. The number of likely N-dealkylation sites (N-methyl/N-ethyl adjacent to an activating group) is 1. The first-order chi connectivity index (χ1) is 14.6.